The Balaban J connectivity index is 1.50. The Morgan fingerprint density at radius 2 is 1.86 bits per heavy atom. The molecule has 29 heavy (non-hydrogen) atoms. The van der Waals surface area contributed by atoms with E-state index in [0.29, 0.717) is 30.2 Å². The van der Waals surface area contributed by atoms with Gasteiger partial charge in [-0.1, -0.05) is 30.3 Å². The van der Waals surface area contributed by atoms with Crippen LogP contribution in [0.5, 0.6) is 5.75 Å². The third-order valence-corrected chi connectivity index (χ3v) is 5.20. The molecule has 0 spiro atoms. The normalized spacial score (nSPS) is 14.6. The summed E-state index contributed by atoms with van der Waals surface area (Å²) in [6.07, 6.45) is -1.89. The van der Waals surface area contributed by atoms with Gasteiger partial charge in [-0.15, -0.1) is 0 Å². The van der Waals surface area contributed by atoms with E-state index in [1.165, 1.54) is 12.1 Å². The lowest BCUT2D eigenvalue weighted by Gasteiger charge is -2.28. The van der Waals surface area contributed by atoms with Crippen molar-refractivity contribution in [1.82, 2.24) is 14.9 Å². The Bertz CT molecular complexity index is 1030. The van der Waals surface area contributed by atoms with Gasteiger partial charge in [0.25, 0.3) is 0 Å². The van der Waals surface area contributed by atoms with E-state index in [4.69, 9.17) is 0 Å². The van der Waals surface area contributed by atoms with Crippen LogP contribution in [0.2, 0.25) is 0 Å². The van der Waals surface area contributed by atoms with E-state index < -0.39 is 11.7 Å². The van der Waals surface area contributed by atoms with Crippen LogP contribution in [0.15, 0.2) is 48.7 Å². The first kappa shape index (κ1) is 19.4. The van der Waals surface area contributed by atoms with Gasteiger partial charge in [-0.3, -0.25) is 4.90 Å². The number of nitrogens with zero attached hydrogens (tertiary/aromatic N) is 3. The topological polar surface area (TPSA) is 49.2 Å². The van der Waals surface area contributed by atoms with Crippen molar-refractivity contribution < 1.29 is 18.3 Å². The van der Waals surface area contributed by atoms with Crippen LogP contribution in [-0.2, 0) is 25.7 Å². The molecule has 0 bridgehead atoms. The third kappa shape index (κ3) is 4.10. The molecular weight excluding hydrogens is 379 g/mol. The number of benzene rings is 2. The van der Waals surface area contributed by atoms with E-state index in [1.807, 2.05) is 25.1 Å². The highest BCUT2D eigenvalue weighted by Gasteiger charge is 2.30. The first-order chi connectivity index (χ1) is 13.8. The molecule has 1 aliphatic heterocycles. The number of rotatable bonds is 3. The molecule has 1 aromatic heterocycles. The molecule has 1 aliphatic rings. The molecule has 0 fully saturated rings. The number of aromatic hydroxyl groups is 1. The van der Waals surface area contributed by atoms with Gasteiger partial charge in [-0.2, -0.15) is 13.2 Å². The quantitative estimate of drug-likeness (QED) is 0.692. The number of para-hydroxylation sites is 1. The Hall–Kier alpha value is -2.93. The van der Waals surface area contributed by atoms with Crippen LogP contribution in [0.1, 0.15) is 27.9 Å². The number of fused-ring (bicyclic) bond motifs is 1. The number of hydrogen-bond donors (Lipinski definition) is 1. The number of phenolic OH excluding ortho intramolecular Hbond substituents is 1. The van der Waals surface area contributed by atoms with E-state index in [-0.39, 0.29) is 0 Å². The second kappa shape index (κ2) is 7.48. The Morgan fingerprint density at radius 3 is 2.59 bits per heavy atom. The van der Waals surface area contributed by atoms with Crippen molar-refractivity contribution in [3.05, 3.63) is 76.6 Å². The van der Waals surface area contributed by atoms with Crippen molar-refractivity contribution in [3.8, 4) is 17.1 Å². The predicted octanol–water partition coefficient (Wildman–Crippen LogP) is 4.73. The van der Waals surface area contributed by atoms with Crippen LogP contribution in [0.25, 0.3) is 11.4 Å². The maximum absolute atomic E-state index is 12.7. The van der Waals surface area contributed by atoms with E-state index in [0.717, 1.165) is 47.5 Å². The summed E-state index contributed by atoms with van der Waals surface area (Å²) >= 11 is 0. The summed E-state index contributed by atoms with van der Waals surface area (Å²) in [6.45, 7) is 3.95. The van der Waals surface area contributed by atoms with Gasteiger partial charge < -0.3 is 5.11 Å². The molecule has 0 radical (unpaired) electrons. The Kier molecular flexibility index (Phi) is 5.00. The molecule has 2 heterocycles. The highest BCUT2D eigenvalue weighted by Crippen LogP contribution is 2.31. The van der Waals surface area contributed by atoms with Gasteiger partial charge in [0, 0.05) is 48.9 Å². The molecule has 0 aliphatic carbocycles. The molecule has 0 atom stereocenters. The van der Waals surface area contributed by atoms with Crippen LogP contribution in [-0.4, -0.2) is 26.5 Å². The number of halogens is 3. The Morgan fingerprint density at radius 1 is 1.10 bits per heavy atom. The van der Waals surface area contributed by atoms with Crippen LogP contribution < -0.4 is 0 Å². The minimum Gasteiger partial charge on any atom is -0.507 e. The number of phenols is 1. The lowest BCUT2D eigenvalue weighted by Crippen LogP contribution is -2.31. The van der Waals surface area contributed by atoms with E-state index in [9.17, 15) is 18.3 Å². The fourth-order valence-corrected chi connectivity index (χ4v) is 3.55. The molecule has 2 aromatic carbocycles. The zero-order chi connectivity index (χ0) is 20.6. The first-order valence-corrected chi connectivity index (χ1v) is 9.33. The molecular formula is C22H20F3N3O. The molecule has 7 heteroatoms. The highest BCUT2D eigenvalue weighted by molar-refractivity contribution is 5.56. The summed E-state index contributed by atoms with van der Waals surface area (Å²) in [5.74, 6) is 0.759. The van der Waals surface area contributed by atoms with Crippen molar-refractivity contribution in [3.63, 3.8) is 0 Å². The standard InChI is InChI=1S/C22H20F3N3O/c1-14-3-2-4-16(20(14)29)12-28-10-9-19-17(13-28)11-26-21(27-19)15-5-7-18(8-6-15)22(23,24)25/h2-8,11,29H,9-10,12-13H2,1H3. The molecule has 1 N–H and O–H groups in total. The number of hydrogen-bond acceptors (Lipinski definition) is 4. The van der Waals surface area contributed by atoms with Crippen LogP contribution >= 0.6 is 0 Å². The fraction of sp³-hybridized carbons (Fsp3) is 0.273. The second-order valence-corrected chi connectivity index (χ2v) is 7.28. The van der Waals surface area contributed by atoms with Crippen molar-refractivity contribution in [2.45, 2.75) is 32.6 Å². The summed E-state index contributed by atoms with van der Waals surface area (Å²) in [7, 11) is 0. The van der Waals surface area contributed by atoms with Crippen molar-refractivity contribution in [2.75, 3.05) is 6.54 Å². The zero-order valence-electron chi connectivity index (χ0n) is 15.9. The molecule has 4 rings (SSSR count). The maximum atomic E-state index is 12.7. The van der Waals surface area contributed by atoms with Gasteiger partial charge in [0.1, 0.15) is 5.75 Å². The summed E-state index contributed by atoms with van der Waals surface area (Å²) in [4.78, 5) is 11.2. The molecule has 0 saturated heterocycles. The Labute approximate surface area is 166 Å². The van der Waals surface area contributed by atoms with Crippen LogP contribution in [0.4, 0.5) is 13.2 Å². The van der Waals surface area contributed by atoms with Gasteiger partial charge >= 0.3 is 6.18 Å². The largest absolute Gasteiger partial charge is 0.507 e. The summed E-state index contributed by atoms with van der Waals surface area (Å²) in [5, 5.41) is 10.2. The molecule has 150 valence electrons. The van der Waals surface area contributed by atoms with E-state index in [1.54, 1.807) is 6.20 Å². The smallest absolute Gasteiger partial charge is 0.416 e. The lowest BCUT2D eigenvalue weighted by atomic mass is 10.0. The summed E-state index contributed by atoms with van der Waals surface area (Å²) < 4.78 is 38.2. The molecule has 0 unspecified atom stereocenters. The highest BCUT2D eigenvalue weighted by atomic mass is 19.4. The predicted molar refractivity (Wildman–Crippen MR) is 103 cm³/mol. The van der Waals surface area contributed by atoms with Crippen molar-refractivity contribution in [1.29, 1.82) is 0 Å². The number of aromatic nitrogens is 2. The zero-order valence-corrected chi connectivity index (χ0v) is 15.9. The summed E-state index contributed by atoms with van der Waals surface area (Å²) in [6, 6.07) is 10.6. The fourth-order valence-electron chi connectivity index (χ4n) is 3.55. The summed E-state index contributed by atoms with van der Waals surface area (Å²) in [5.41, 5.74) is 3.53. The average molecular weight is 399 g/mol. The minimum absolute atomic E-state index is 0.326. The van der Waals surface area contributed by atoms with Gasteiger partial charge in [0.2, 0.25) is 0 Å². The van der Waals surface area contributed by atoms with Gasteiger partial charge in [0.15, 0.2) is 5.82 Å². The van der Waals surface area contributed by atoms with Gasteiger partial charge in [-0.05, 0) is 24.6 Å². The molecule has 4 nitrogen and oxygen atoms in total. The number of alkyl halides is 3. The lowest BCUT2D eigenvalue weighted by molar-refractivity contribution is -0.137. The molecule has 0 saturated carbocycles. The van der Waals surface area contributed by atoms with Crippen molar-refractivity contribution >= 4 is 0 Å². The van der Waals surface area contributed by atoms with Crippen molar-refractivity contribution in [2.24, 2.45) is 0 Å². The number of aryl methyl sites for hydroxylation is 1. The van der Waals surface area contributed by atoms with Crippen LogP contribution in [0.3, 0.4) is 0 Å². The minimum atomic E-state index is -4.36. The van der Waals surface area contributed by atoms with Gasteiger partial charge in [0.05, 0.1) is 11.3 Å². The van der Waals surface area contributed by atoms with E-state index >= 15 is 0 Å². The molecule has 0 amide bonds. The molecule has 3 aromatic rings. The monoisotopic (exact) mass is 399 g/mol. The second-order valence-electron chi connectivity index (χ2n) is 7.28. The SMILES string of the molecule is Cc1cccc(CN2CCc3nc(-c4ccc(C(F)(F)F)cc4)ncc3C2)c1O. The first-order valence-electron chi connectivity index (χ1n) is 9.33. The van der Waals surface area contributed by atoms with E-state index in [2.05, 4.69) is 14.9 Å². The third-order valence-electron chi connectivity index (χ3n) is 5.20. The maximum Gasteiger partial charge on any atom is 0.416 e. The van der Waals surface area contributed by atoms with Gasteiger partial charge in [-0.25, -0.2) is 9.97 Å². The average Bonchev–Trinajstić information content (AvgIpc) is 2.70. The van der Waals surface area contributed by atoms with Crippen LogP contribution in [0, 0.1) is 6.92 Å².